The molecule has 1 rings (SSSR count). The van der Waals surface area contributed by atoms with E-state index in [1.807, 2.05) is 19.9 Å². The first-order valence-electron chi connectivity index (χ1n) is 5.22. The minimum atomic E-state index is -4.27. The minimum Gasteiger partial charge on any atom is -0.370 e. The number of nitrogens with one attached hydrogen (secondary N) is 1. The van der Waals surface area contributed by atoms with E-state index in [0.717, 1.165) is 15.3 Å². The van der Waals surface area contributed by atoms with Gasteiger partial charge in [0.2, 0.25) is 0 Å². The molecule has 1 aromatic rings. The number of hydrogen-bond donors (Lipinski definition) is 1. The molecule has 0 fully saturated rings. The van der Waals surface area contributed by atoms with Gasteiger partial charge >= 0.3 is 6.18 Å². The SMILES string of the molecule is CNC(COCC(F)(F)F)c1cc(C)sc1C. The van der Waals surface area contributed by atoms with Crippen molar-refractivity contribution >= 4 is 11.3 Å². The average molecular weight is 267 g/mol. The van der Waals surface area contributed by atoms with Crippen LogP contribution >= 0.6 is 11.3 Å². The van der Waals surface area contributed by atoms with Gasteiger partial charge in [0.25, 0.3) is 0 Å². The van der Waals surface area contributed by atoms with Crippen LogP contribution in [0.15, 0.2) is 6.07 Å². The molecule has 6 heteroatoms. The van der Waals surface area contributed by atoms with Crippen molar-refractivity contribution in [3.63, 3.8) is 0 Å². The van der Waals surface area contributed by atoms with Crippen LogP contribution in [0, 0.1) is 13.8 Å². The van der Waals surface area contributed by atoms with Crippen LogP contribution in [0.1, 0.15) is 21.4 Å². The lowest BCUT2D eigenvalue weighted by Crippen LogP contribution is -2.25. The maximum atomic E-state index is 12.0. The summed E-state index contributed by atoms with van der Waals surface area (Å²) in [5.74, 6) is 0. The highest BCUT2D eigenvalue weighted by atomic mass is 32.1. The molecule has 0 amide bonds. The number of aryl methyl sites for hydroxylation is 2. The Balaban J connectivity index is 2.57. The maximum absolute atomic E-state index is 12.0. The number of thiophene rings is 1. The average Bonchev–Trinajstić information content (AvgIpc) is 2.51. The van der Waals surface area contributed by atoms with Gasteiger partial charge in [0, 0.05) is 9.75 Å². The van der Waals surface area contributed by atoms with E-state index in [-0.39, 0.29) is 12.6 Å². The molecule has 0 spiro atoms. The highest BCUT2D eigenvalue weighted by Crippen LogP contribution is 2.26. The van der Waals surface area contributed by atoms with E-state index in [0.29, 0.717) is 0 Å². The third kappa shape index (κ3) is 4.65. The second-order valence-corrected chi connectivity index (χ2v) is 5.30. The quantitative estimate of drug-likeness (QED) is 0.884. The summed E-state index contributed by atoms with van der Waals surface area (Å²) in [4.78, 5) is 2.26. The highest BCUT2D eigenvalue weighted by Gasteiger charge is 2.28. The number of likely N-dealkylation sites (N-methyl/N-ethyl adjacent to an activating group) is 1. The smallest absolute Gasteiger partial charge is 0.370 e. The van der Waals surface area contributed by atoms with Crippen LogP contribution in [-0.4, -0.2) is 26.4 Å². The van der Waals surface area contributed by atoms with Crippen molar-refractivity contribution in [1.29, 1.82) is 0 Å². The van der Waals surface area contributed by atoms with Crippen LogP contribution in [0.4, 0.5) is 13.2 Å². The molecule has 0 bridgehead atoms. The van der Waals surface area contributed by atoms with E-state index in [2.05, 4.69) is 10.1 Å². The van der Waals surface area contributed by atoms with E-state index in [1.54, 1.807) is 18.4 Å². The van der Waals surface area contributed by atoms with Crippen molar-refractivity contribution in [2.24, 2.45) is 0 Å². The molecule has 0 aromatic carbocycles. The van der Waals surface area contributed by atoms with Crippen LogP contribution in [0.2, 0.25) is 0 Å². The van der Waals surface area contributed by atoms with Gasteiger partial charge in [-0.15, -0.1) is 11.3 Å². The Morgan fingerprint density at radius 1 is 1.41 bits per heavy atom. The third-order valence-electron chi connectivity index (χ3n) is 2.35. The van der Waals surface area contributed by atoms with Gasteiger partial charge in [0.15, 0.2) is 0 Å². The fraction of sp³-hybridized carbons (Fsp3) is 0.636. The Kier molecular flexibility index (Phi) is 4.97. The molecular weight excluding hydrogens is 251 g/mol. The Bertz CT molecular complexity index is 362. The molecule has 1 atom stereocenters. The molecule has 0 aliphatic heterocycles. The van der Waals surface area contributed by atoms with Crippen LogP contribution in [0.3, 0.4) is 0 Å². The summed E-state index contributed by atoms with van der Waals surface area (Å²) >= 11 is 1.63. The van der Waals surface area contributed by atoms with Crippen molar-refractivity contribution in [2.45, 2.75) is 26.1 Å². The summed E-state index contributed by atoms with van der Waals surface area (Å²) in [6.07, 6.45) is -4.27. The van der Waals surface area contributed by atoms with Gasteiger partial charge in [0.05, 0.1) is 12.6 Å². The summed E-state index contributed by atoms with van der Waals surface area (Å²) in [5, 5.41) is 2.97. The zero-order valence-electron chi connectivity index (χ0n) is 10.0. The minimum absolute atomic E-state index is 0.0209. The van der Waals surface area contributed by atoms with E-state index in [1.165, 1.54) is 0 Å². The number of hydrogen-bond acceptors (Lipinski definition) is 3. The topological polar surface area (TPSA) is 21.3 Å². The Morgan fingerprint density at radius 3 is 2.47 bits per heavy atom. The number of halogens is 3. The predicted octanol–water partition coefficient (Wildman–Crippen LogP) is 3.20. The molecular formula is C11H16F3NOS. The Hall–Kier alpha value is -0.590. The monoisotopic (exact) mass is 267 g/mol. The number of ether oxygens (including phenoxy) is 1. The molecule has 0 radical (unpaired) electrons. The number of rotatable bonds is 5. The normalized spacial score (nSPS) is 14.0. The van der Waals surface area contributed by atoms with Crippen molar-refractivity contribution in [2.75, 3.05) is 20.3 Å². The second kappa shape index (κ2) is 5.84. The Morgan fingerprint density at radius 2 is 2.06 bits per heavy atom. The fourth-order valence-corrected chi connectivity index (χ4v) is 2.61. The molecule has 0 saturated carbocycles. The molecule has 1 aromatic heterocycles. The molecule has 0 aliphatic carbocycles. The first-order chi connectivity index (χ1) is 7.83. The first kappa shape index (κ1) is 14.5. The summed E-state index contributed by atoms with van der Waals surface area (Å²) in [6, 6.07) is 1.79. The van der Waals surface area contributed by atoms with Gasteiger partial charge in [0.1, 0.15) is 6.61 Å². The zero-order chi connectivity index (χ0) is 13.1. The van der Waals surface area contributed by atoms with Gasteiger partial charge in [-0.1, -0.05) is 0 Å². The van der Waals surface area contributed by atoms with E-state index >= 15 is 0 Å². The number of alkyl halides is 3. The zero-order valence-corrected chi connectivity index (χ0v) is 10.8. The molecule has 0 saturated heterocycles. The lowest BCUT2D eigenvalue weighted by molar-refractivity contribution is -0.175. The van der Waals surface area contributed by atoms with Gasteiger partial charge in [-0.05, 0) is 32.5 Å². The molecule has 2 nitrogen and oxygen atoms in total. The molecule has 1 N–H and O–H groups in total. The summed E-state index contributed by atoms with van der Waals surface area (Å²) in [6.45, 7) is 2.76. The van der Waals surface area contributed by atoms with Gasteiger partial charge in [-0.25, -0.2) is 0 Å². The molecule has 0 aliphatic rings. The van der Waals surface area contributed by atoms with E-state index in [4.69, 9.17) is 0 Å². The summed E-state index contributed by atoms with van der Waals surface area (Å²) in [5.41, 5.74) is 1.01. The molecule has 17 heavy (non-hydrogen) atoms. The maximum Gasteiger partial charge on any atom is 0.411 e. The summed E-state index contributed by atoms with van der Waals surface area (Å²) < 4.78 is 40.5. The van der Waals surface area contributed by atoms with Crippen molar-refractivity contribution in [3.05, 3.63) is 21.4 Å². The van der Waals surface area contributed by atoms with Crippen LogP contribution in [-0.2, 0) is 4.74 Å². The van der Waals surface area contributed by atoms with Crippen LogP contribution in [0.5, 0.6) is 0 Å². The third-order valence-corrected chi connectivity index (χ3v) is 3.34. The van der Waals surface area contributed by atoms with Gasteiger partial charge in [-0.3, -0.25) is 0 Å². The molecule has 98 valence electrons. The molecule has 1 unspecified atom stereocenters. The Labute approximate surface area is 103 Å². The van der Waals surface area contributed by atoms with Crippen LogP contribution < -0.4 is 5.32 Å². The van der Waals surface area contributed by atoms with Crippen molar-refractivity contribution in [3.8, 4) is 0 Å². The van der Waals surface area contributed by atoms with Gasteiger partial charge < -0.3 is 10.1 Å². The van der Waals surface area contributed by atoms with Crippen molar-refractivity contribution < 1.29 is 17.9 Å². The lowest BCUT2D eigenvalue weighted by Gasteiger charge is -2.17. The van der Waals surface area contributed by atoms with E-state index in [9.17, 15) is 13.2 Å². The van der Waals surface area contributed by atoms with Crippen LogP contribution in [0.25, 0.3) is 0 Å². The van der Waals surface area contributed by atoms with Gasteiger partial charge in [-0.2, -0.15) is 13.2 Å². The second-order valence-electron chi connectivity index (χ2n) is 3.84. The first-order valence-corrected chi connectivity index (χ1v) is 6.04. The largest absolute Gasteiger partial charge is 0.411 e. The predicted molar refractivity (Wildman–Crippen MR) is 62.5 cm³/mol. The van der Waals surface area contributed by atoms with E-state index < -0.39 is 12.8 Å². The van der Waals surface area contributed by atoms with Crippen molar-refractivity contribution in [1.82, 2.24) is 5.32 Å². The lowest BCUT2D eigenvalue weighted by atomic mass is 10.1. The summed E-state index contributed by atoms with van der Waals surface area (Å²) in [7, 11) is 1.72. The molecule has 1 heterocycles. The standard InChI is InChI=1S/C11H16F3NOS/c1-7-4-9(8(2)17-7)10(15-3)5-16-6-11(12,13)14/h4,10,15H,5-6H2,1-3H3. The highest BCUT2D eigenvalue weighted by molar-refractivity contribution is 7.12. The fourth-order valence-electron chi connectivity index (χ4n) is 1.62.